The maximum absolute atomic E-state index is 12.3. The molecule has 1 aromatic heterocycles. The molecule has 0 fully saturated rings. The van der Waals surface area contributed by atoms with Crippen molar-refractivity contribution in [2.24, 2.45) is 0 Å². The summed E-state index contributed by atoms with van der Waals surface area (Å²) in [7, 11) is 0. The van der Waals surface area contributed by atoms with Crippen LogP contribution in [0.4, 0.5) is 13.2 Å². The van der Waals surface area contributed by atoms with Gasteiger partial charge in [0.1, 0.15) is 6.10 Å². The van der Waals surface area contributed by atoms with E-state index in [1.54, 1.807) is 6.07 Å². The van der Waals surface area contributed by atoms with Crippen LogP contribution in [-0.2, 0) is 6.18 Å². The highest BCUT2D eigenvalue weighted by Crippen LogP contribution is 2.30. The third-order valence-corrected chi connectivity index (χ3v) is 2.09. The van der Waals surface area contributed by atoms with E-state index in [2.05, 4.69) is 4.98 Å². The van der Waals surface area contributed by atoms with Gasteiger partial charge in [0.2, 0.25) is 0 Å². The van der Waals surface area contributed by atoms with Gasteiger partial charge in [-0.2, -0.15) is 18.4 Å². The topological polar surface area (TPSA) is 77.1 Å². The average molecular weight is 246 g/mol. The van der Waals surface area contributed by atoms with Crippen molar-refractivity contribution < 1.29 is 23.4 Å². The lowest BCUT2D eigenvalue weighted by Gasteiger charge is -2.16. The number of halogens is 3. The normalized spacial score (nSPS) is 15.1. The predicted molar refractivity (Wildman–Crippen MR) is 50.4 cm³/mol. The van der Waals surface area contributed by atoms with Crippen LogP contribution in [0.15, 0.2) is 18.5 Å². The molecule has 0 aliphatic carbocycles. The molecule has 2 N–H and O–H groups in total. The van der Waals surface area contributed by atoms with Gasteiger partial charge in [-0.25, -0.2) is 0 Å². The van der Waals surface area contributed by atoms with Crippen LogP contribution in [0.1, 0.15) is 23.7 Å². The molecule has 0 aliphatic heterocycles. The summed E-state index contributed by atoms with van der Waals surface area (Å²) in [5.74, 6) is 0. The second-order valence-electron chi connectivity index (χ2n) is 3.38. The fraction of sp³-hybridized carbons (Fsp3) is 0.400. The fourth-order valence-corrected chi connectivity index (χ4v) is 1.20. The smallest absolute Gasteiger partial charge is 0.389 e. The average Bonchev–Trinajstić information content (AvgIpc) is 2.27. The summed E-state index contributed by atoms with van der Waals surface area (Å²) >= 11 is 0. The third-order valence-electron chi connectivity index (χ3n) is 2.09. The molecule has 0 radical (unpaired) electrons. The van der Waals surface area contributed by atoms with Crippen molar-refractivity contribution in [1.29, 1.82) is 5.26 Å². The first-order chi connectivity index (χ1) is 7.86. The van der Waals surface area contributed by atoms with Gasteiger partial charge in [-0.3, -0.25) is 4.98 Å². The zero-order valence-corrected chi connectivity index (χ0v) is 8.52. The number of aromatic nitrogens is 1. The van der Waals surface area contributed by atoms with Crippen molar-refractivity contribution in [2.75, 3.05) is 0 Å². The maximum Gasteiger partial charge on any atom is 0.417 e. The van der Waals surface area contributed by atoms with Gasteiger partial charge in [0.25, 0.3) is 0 Å². The van der Waals surface area contributed by atoms with E-state index >= 15 is 0 Å². The van der Waals surface area contributed by atoms with E-state index < -0.39 is 23.9 Å². The van der Waals surface area contributed by atoms with Crippen LogP contribution in [0, 0.1) is 11.3 Å². The molecule has 0 saturated heterocycles. The summed E-state index contributed by atoms with van der Waals surface area (Å²) in [6, 6.07) is 2.30. The third kappa shape index (κ3) is 3.41. The molecular formula is C10H9F3N2O2. The van der Waals surface area contributed by atoms with Crippen molar-refractivity contribution in [3.8, 4) is 6.07 Å². The van der Waals surface area contributed by atoms with Gasteiger partial charge in [0.05, 0.1) is 24.2 Å². The number of aliphatic hydroxyl groups is 2. The number of rotatable bonds is 3. The zero-order valence-electron chi connectivity index (χ0n) is 8.52. The van der Waals surface area contributed by atoms with Crippen LogP contribution in [-0.4, -0.2) is 21.3 Å². The monoisotopic (exact) mass is 246 g/mol. The minimum Gasteiger partial charge on any atom is -0.389 e. The van der Waals surface area contributed by atoms with Gasteiger partial charge in [0, 0.05) is 18.0 Å². The molecule has 1 aromatic rings. The van der Waals surface area contributed by atoms with Gasteiger partial charge in [-0.1, -0.05) is 0 Å². The molecule has 17 heavy (non-hydrogen) atoms. The molecule has 0 saturated carbocycles. The minimum absolute atomic E-state index is 0.178. The van der Waals surface area contributed by atoms with Crippen LogP contribution in [0.5, 0.6) is 0 Å². The number of pyridine rings is 1. The van der Waals surface area contributed by atoms with E-state index in [4.69, 9.17) is 5.26 Å². The Labute approximate surface area is 95.0 Å². The van der Waals surface area contributed by atoms with Crippen molar-refractivity contribution in [2.45, 2.75) is 24.8 Å². The summed E-state index contributed by atoms with van der Waals surface area (Å²) in [4.78, 5) is 3.34. The summed E-state index contributed by atoms with van der Waals surface area (Å²) < 4.78 is 37.0. The Morgan fingerprint density at radius 2 is 2.00 bits per heavy atom. The number of hydrogen-bond acceptors (Lipinski definition) is 4. The second-order valence-corrected chi connectivity index (χ2v) is 3.38. The Balaban J connectivity index is 2.96. The minimum atomic E-state index is -4.57. The van der Waals surface area contributed by atoms with E-state index in [1.165, 1.54) is 0 Å². The Kier molecular flexibility index (Phi) is 4.04. The number of aliphatic hydroxyl groups excluding tert-OH is 2. The highest BCUT2D eigenvalue weighted by molar-refractivity contribution is 5.23. The van der Waals surface area contributed by atoms with Gasteiger partial charge < -0.3 is 10.2 Å². The van der Waals surface area contributed by atoms with E-state index in [9.17, 15) is 23.4 Å². The first-order valence-corrected chi connectivity index (χ1v) is 4.61. The van der Waals surface area contributed by atoms with E-state index in [0.717, 1.165) is 6.20 Å². The Bertz CT molecular complexity index is 428. The largest absolute Gasteiger partial charge is 0.417 e. The number of nitrogens with zero attached hydrogens (tertiary/aromatic N) is 2. The SMILES string of the molecule is N#CCC(O)C(O)c1cncc(C(F)(F)F)c1. The number of hydrogen-bond donors (Lipinski definition) is 2. The molecule has 7 heteroatoms. The number of nitriles is 1. The second kappa shape index (κ2) is 5.12. The Hall–Kier alpha value is -1.65. The van der Waals surface area contributed by atoms with Crippen molar-refractivity contribution in [1.82, 2.24) is 4.98 Å². The Morgan fingerprint density at radius 1 is 1.35 bits per heavy atom. The standard InChI is InChI=1S/C10H9F3N2O2/c11-10(12,13)7-3-6(4-15-5-7)9(17)8(16)1-2-14/h3-5,8-9,16-17H,1H2. The van der Waals surface area contributed by atoms with E-state index in [0.29, 0.717) is 12.3 Å². The maximum atomic E-state index is 12.3. The van der Waals surface area contributed by atoms with Crippen LogP contribution in [0.2, 0.25) is 0 Å². The van der Waals surface area contributed by atoms with Gasteiger partial charge in [-0.05, 0) is 6.07 Å². The van der Waals surface area contributed by atoms with Crippen LogP contribution >= 0.6 is 0 Å². The quantitative estimate of drug-likeness (QED) is 0.845. The lowest BCUT2D eigenvalue weighted by atomic mass is 10.0. The fourth-order valence-electron chi connectivity index (χ4n) is 1.20. The molecular weight excluding hydrogens is 237 g/mol. The van der Waals surface area contributed by atoms with E-state index in [1.807, 2.05) is 0 Å². The van der Waals surface area contributed by atoms with Crippen LogP contribution in [0.25, 0.3) is 0 Å². The summed E-state index contributed by atoms with van der Waals surface area (Å²) in [6.45, 7) is 0. The molecule has 4 nitrogen and oxygen atoms in total. The molecule has 0 aromatic carbocycles. The molecule has 0 aliphatic rings. The summed E-state index contributed by atoms with van der Waals surface area (Å²) in [6.07, 6.45) is -6.32. The molecule has 92 valence electrons. The van der Waals surface area contributed by atoms with Crippen molar-refractivity contribution >= 4 is 0 Å². The highest BCUT2D eigenvalue weighted by Gasteiger charge is 2.32. The zero-order chi connectivity index (χ0) is 13.1. The molecule has 2 unspecified atom stereocenters. The molecule has 1 rings (SSSR count). The van der Waals surface area contributed by atoms with Crippen molar-refractivity contribution in [3.63, 3.8) is 0 Å². The highest BCUT2D eigenvalue weighted by atomic mass is 19.4. The molecule has 0 spiro atoms. The van der Waals surface area contributed by atoms with Crippen LogP contribution in [0.3, 0.4) is 0 Å². The first-order valence-electron chi connectivity index (χ1n) is 4.61. The van der Waals surface area contributed by atoms with Gasteiger partial charge in [-0.15, -0.1) is 0 Å². The Morgan fingerprint density at radius 3 is 2.53 bits per heavy atom. The molecule has 0 amide bonds. The van der Waals surface area contributed by atoms with Gasteiger partial charge >= 0.3 is 6.18 Å². The summed E-state index contributed by atoms with van der Waals surface area (Å²) in [5.41, 5.74) is -1.19. The van der Waals surface area contributed by atoms with Crippen molar-refractivity contribution in [3.05, 3.63) is 29.6 Å². The van der Waals surface area contributed by atoms with Crippen LogP contribution < -0.4 is 0 Å². The van der Waals surface area contributed by atoms with E-state index in [-0.39, 0.29) is 12.0 Å². The lowest BCUT2D eigenvalue weighted by Crippen LogP contribution is -2.18. The molecule has 1 heterocycles. The number of alkyl halides is 3. The van der Waals surface area contributed by atoms with Gasteiger partial charge in [0.15, 0.2) is 0 Å². The lowest BCUT2D eigenvalue weighted by molar-refractivity contribution is -0.138. The predicted octanol–water partition coefficient (Wildman–Crippen LogP) is 1.41. The summed E-state index contributed by atoms with van der Waals surface area (Å²) in [5, 5.41) is 27.1. The molecule has 0 bridgehead atoms. The molecule has 2 atom stereocenters. The first kappa shape index (κ1) is 13.4.